The van der Waals surface area contributed by atoms with E-state index in [-0.39, 0.29) is 0 Å². The maximum Gasteiger partial charge on any atom is 0.420 e. The molecule has 2 radical (unpaired) electrons. The Morgan fingerprint density at radius 3 is 3.43 bits per heavy atom. The molecule has 0 unspecified atom stereocenters. The Kier molecular flexibility index (Phi) is 1.28. The Morgan fingerprint density at radius 1 is 1.43 bits per heavy atom. The van der Waals surface area contributed by atoms with Gasteiger partial charge in [-0.1, -0.05) is 6.08 Å². The topological polar surface area (TPSA) is 23.3 Å². The van der Waals surface area contributed by atoms with E-state index in [1.165, 1.54) is 6.26 Å². The predicted molar refractivity (Wildman–Crippen MR) is 26.5 cm³/mol. The molecule has 2 heteroatoms. The number of hydrogen-bond acceptors (Lipinski definition) is 2. The molecule has 0 N–H and O–H groups in total. The van der Waals surface area contributed by atoms with Crippen molar-refractivity contribution in [2.75, 3.05) is 0 Å². The first-order valence-corrected chi connectivity index (χ1v) is 1.93. The zero-order chi connectivity index (χ0) is 4.95. The van der Waals surface area contributed by atoms with E-state index < -0.39 is 0 Å². The van der Waals surface area contributed by atoms with Crippen LogP contribution in [0.2, 0.25) is 0 Å². The van der Waals surface area contributed by atoms with Crippen molar-refractivity contribution in [2.45, 2.75) is 0 Å². The largest absolute Gasteiger partial charge is 0.420 e. The van der Waals surface area contributed by atoms with Crippen LogP contribution in [0.3, 0.4) is 0 Å². The van der Waals surface area contributed by atoms with Crippen molar-refractivity contribution in [2.24, 2.45) is 0 Å². The van der Waals surface area contributed by atoms with Crippen molar-refractivity contribution < 1.29 is 4.84 Å². The number of nitrogens with zero attached hydrogens (tertiary/aromatic N) is 1. The van der Waals surface area contributed by atoms with Gasteiger partial charge >= 0.3 is 11.4 Å². The second-order valence-electron chi connectivity index (χ2n) is 1.01. The lowest BCUT2D eigenvalue weighted by Gasteiger charge is -1.60. The molecule has 2 nitrogen and oxygen atoms in total. The molecule has 7 heavy (non-hydrogen) atoms. The van der Waals surface area contributed by atoms with Crippen LogP contribution >= 0.6 is 0 Å². The first-order chi connectivity index (χ1) is 3.50. The average molecular weight is 94.1 g/mol. The quantitative estimate of drug-likeness (QED) is 0.423. The molecule has 1 heterocycles. The average Bonchev–Trinajstić information content (AvgIpc) is 1.90. The van der Waals surface area contributed by atoms with Gasteiger partial charge in [0.05, 0.1) is 0 Å². The molecule has 0 amide bonds. The molecule has 0 aromatic carbocycles. The van der Waals surface area contributed by atoms with E-state index in [0.717, 1.165) is 0 Å². The van der Waals surface area contributed by atoms with Crippen LogP contribution < -0.4 is 5.16 Å². The highest BCUT2D eigenvalue weighted by Gasteiger charge is 1.88. The van der Waals surface area contributed by atoms with Crippen LogP contribution in [-0.4, -0.2) is 6.21 Å². The molecule has 0 saturated carbocycles. The SMILES string of the molecule is [C]1=[N+]OC=CC=C1. The highest BCUT2D eigenvalue weighted by molar-refractivity contribution is 5.70. The lowest BCUT2D eigenvalue weighted by molar-refractivity contribution is 0.214. The summed E-state index contributed by atoms with van der Waals surface area (Å²) in [5.74, 6) is 0. The summed E-state index contributed by atoms with van der Waals surface area (Å²) in [5.41, 5.74) is 0. The summed E-state index contributed by atoms with van der Waals surface area (Å²) >= 11 is 0. The van der Waals surface area contributed by atoms with Crippen molar-refractivity contribution in [1.29, 1.82) is 0 Å². The molecule has 0 atom stereocenters. The minimum absolute atomic E-state index is 1.48. The van der Waals surface area contributed by atoms with Gasteiger partial charge in [-0.3, -0.25) is 0 Å². The van der Waals surface area contributed by atoms with E-state index in [0.29, 0.717) is 0 Å². The molecule has 1 rings (SSSR count). The Morgan fingerprint density at radius 2 is 2.43 bits per heavy atom. The van der Waals surface area contributed by atoms with Crippen LogP contribution in [0.15, 0.2) is 24.5 Å². The Balaban J connectivity index is 2.60. The lowest BCUT2D eigenvalue weighted by Crippen LogP contribution is -1.82. The van der Waals surface area contributed by atoms with E-state index in [1.54, 1.807) is 18.2 Å². The molecular weight excluding hydrogens is 90.1 g/mol. The summed E-state index contributed by atoms with van der Waals surface area (Å²) in [6.07, 6.45) is 9.19. The van der Waals surface area contributed by atoms with E-state index in [2.05, 4.69) is 16.2 Å². The second kappa shape index (κ2) is 2.18. The van der Waals surface area contributed by atoms with Gasteiger partial charge in [-0.2, -0.15) is 4.84 Å². The summed E-state index contributed by atoms with van der Waals surface area (Å²) in [6, 6.07) is 0. The molecular formula is C5H4NO+. The number of allylic oxidation sites excluding steroid dienone is 3. The van der Waals surface area contributed by atoms with Crippen LogP contribution in [0.1, 0.15) is 0 Å². The molecule has 0 bridgehead atoms. The van der Waals surface area contributed by atoms with Gasteiger partial charge in [0.1, 0.15) is 0 Å². The third-order valence-electron chi connectivity index (χ3n) is 0.527. The molecule has 1 aliphatic heterocycles. The molecule has 0 aromatic heterocycles. The predicted octanol–water partition coefficient (Wildman–Crippen LogP) is 0.285. The Bertz CT molecular complexity index is 110. The molecule has 0 saturated heterocycles. The standard InChI is InChI=1S/C5H4NO/c1-2-4-6-7-5-3-1/h1-3,5H/q+1. The molecule has 0 spiro atoms. The van der Waals surface area contributed by atoms with E-state index in [1.807, 2.05) is 0 Å². The summed E-state index contributed by atoms with van der Waals surface area (Å²) in [7, 11) is 0. The first kappa shape index (κ1) is 4.12. The maximum atomic E-state index is 4.47. The normalized spacial score (nSPS) is 16.0. The Labute approximate surface area is 41.8 Å². The summed E-state index contributed by atoms with van der Waals surface area (Å²) in [6.45, 7) is 0. The maximum absolute atomic E-state index is 4.47. The summed E-state index contributed by atoms with van der Waals surface area (Å²) in [4.78, 5) is 4.47. The minimum Gasteiger partial charge on any atom is -0.179 e. The summed E-state index contributed by atoms with van der Waals surface area (Å²) < 4.78 is 0. The molecule has 34 valence electrons. The smallest absolute Gasteiger partial charge is 0.179 e. The van der Waals surface area contributed by atoms with Crippen molar-refractivity contribution >= 4 is 6.21 Å². The zero-order valence-electron chi connectivity index (χ0n) is 3.66. The monoisotopic (exact) mass is 94.0 g/mol. The number of hydrogen-bond donors (Lipinski definition) is 0. The van der Waals surface area contributed by atoms with Gasteiger partial charge in [0, 0.05) is 6.08 Å². The van der Waals surface area contributed by atoms with Gasteiger partial charge < -0.3 is 0 Å². The number of rotatable bonds is 0. The molecule has 0 fully saturated rings. The fourth-order valence-electron chi connectivity index (χ4n) is 0.270. The van der Waals surface area contributed by atoms with Gasteiger partial charge in [-0.05, 0) is 6.08 Å². The van der Waals surface area contributed by atoms with Crippen LogP contribution in [0, 0.1) is 0 Å². The van der Waals surface area contributed by atoms with Crippen LogP contribution in [0.25, 0.3) is 0 Å². The van der Waals surface area contributed by atoms with Crippen molar-refractivity contribution in [1.82, 2.24) is 5.16 Å². The van der Waals surface area contributed by atoms with Gasteiger partial charge in [-0.15, -0.1) is 0 Å². The third kappa shape index (κ3) is 1.22. The van der Waals surface area contributed by atoms with Crippen molar-refractivity contribution in [3.63, 3.8) is 0 Å². The van der Waals surface area contributed by atoms with Crippen LogP contribution in [-0.2, 0) is 4.84 Å². The Hall–Kier alpha value is -1.05. The summed E-state index contributed by atoms with van der Waals surface area (Å²) in [5, 5.41) is 3.35. The zero-order valence-corrected chi connectivity index (χ0v) is 3.66. The van der Waals surface area contributed by atoms with Gasteiger partial charge in [-0.25, -0.2) is 0 Å². The van der Waals surface area contributed by atoms with Gasteiger partial charge in [0.15, 0.2) is 6.26 Å². The lowest BCUT2D eigenvalue weighted by atomic mass is 10.5. The van der Waals surface area contributed by atoms with E-state index >= 15 is 0 Å². The van der Waals surface area contributed by atoms with Crippen molar-refractivity contribution in [3.8, 4) is 0 Å². The minimum atomic E-state index is 1.48. The highest BCUT2D eigenvalue weighted by atomic mass is 16.6. The first-order valence-electron chi connectivity index (χ1n) is 1.93. The highest BCUT2D eigenvalue weighted by Crippen LogP contribution is 1.77. The molecule has 1 aliphatic rings. The fraction of sp³-hybridized carbons (Fsp3) is 0. The van der Waals surface area contributed by atoms with Gasteiger partial charge in [0.2, 0.25) is 0 Å². The second-order valence-corrected chi connectivity index (χ2v) is 1.01. The fourth-order valence-corrected chi connectivity index (χ4v) is 0.270. The van der Waals surface area contributed by atoms with Crippen LogP contribution in [0.4, 0.5) is 0 Å². The van der Waals surface area contributed by atoms with Crippen molar-refractivity contribution in [3.05, 3.63) is 24.5 Å². The van der Waals surface area contributed by atoms with Gasteiger partial charge in [0.25, 0.3) is 0 Å². The van der Waals surface area contributed by atoms with Crippen LogP contribution in [0.5, 0.6) is 0 Å². The van der Waals surface area contributed by atoms with E-state index in [9.17, 15) is 0 Å². The third-order valence-corrected chi connectivity index (χ3v) is 0.527. The molecule has 0 aromatic rings. The molecule has 0 aliphatic carbocycles. The van der Waals surface area contributed by atoms with E-state index in [4.69, 9.17) is 0 Å².